The van der Waals surface area contributed by atoms with Gasteiger partial charge in [-0.25, -0.2) is 0 Å². The predicted octanol–water partition coefficient (Wildman–Crippen LogP) is 0.839. The number of pyridine rings is 1. The molecule has 4 rings (SSSR count). The molecule has 2 fully saturated rings. The molecule has 2 aromatic rings. The molecule has 2 aliphatic rings. The van der Waals surface area contributed by atoms with E-state index in [9.17, 15) is 9.59 Å². The average molecular weight is 357 g/mol. The van der Waals surface area contributed by atoms with Crippen molar-refractivity contribution in [3.63, 3.8) is 0 Å². The van der Waals surface area contributed by atoms with Gasteiger partial charge in [0, 0.05) is 37.3 Å². The lowest BCUT2D eigenvalue weighted by Crippen LogP contribution is -2.42. The molecular formula is C19H23N3O4. The van der Waals surface area contributed by atoms with Crippen molar-refractivity contribution in [2.75, 3.05) is 33.9 Å². The third kappa shape index (κ3) is 2.63. The molecular weight excluding hydrogens is 334 g/mol. The normalized spacial score (nSPS) is 21.8. The van der Waals surface area contributed by atoms with Gasteiger partial charge in [-0.05, 0) is 30.5 Å². The Kier molecular flexibility index (Phi) is 4.32. The fourth-order valence-corrected chi connectivity index (χ4v) is 4.21. The molecule has 0 spiro atoms. The zero-order valence-corrected chi connectivity index (χ0v) is 15.0. The maximum absolute atomic E-state index is 12.9. The maximum Gasteiger partial charge on any atom is 0.259 e. The molecule has 2 atom stereocenters. The number of aromatic nitrogens is 1. The molecule has 7 nitrogen and oxygen atoms in total. The van der Waals surface area contributed by atoms with Crippen LogP contribution in [0, 0.1) is 5.92 Å². The number of likely N-dealkylation sites (tertiary alicyclic amines) is 1. The van der Waals surface area contributed by atoms with Gasteiger partial charge in [-0.15, -0.1) is 0 Å². The van der Waals surface area contributed by atoms with Crippen LogP contribution in [0.3, 0.4) is 0 Å². The summed E-state index contributed by atoms with van der Waals surface area (Å²) in [5, 5.41) is 4.54. The number of rotatable bonds is 4. The van der Waals surface area contributed by atoms with Gasteiger partial charge >= 0.3 is 0 Å². The Morgan fingerprint density at radius 1 is 1.19 bits per heavy atom. The highest BCUT2D eigenvalue weighted by Gasteiger charge is 2.39. The standard InChI is InChI=1S/C19H23N3O4/c1-25-16-4-3-14-13(18(16)26-2)6-7-21(19(14)24)11-17(23)22-8-5-12-9-20-10-15(12)22/h3-4,6-7,12,15,20H,5,8-11H2,1-2H3/t12-,15+/m1/s1. The molecule has 2 saturated heterocycles. The van der Waals surface area contributed by atoms with Crippen LogP contribution in [0.5, 0.6) is 11.5 Å². The minimum absolute atomic E-state index is 0.00290. The van der Waals surface area contributed by atoms with E-state index in [1.807, 2.05) is 4.90 Å². The van der Waals surface area contributed by atoms with Gasteiger partial charge in [0.25, 0.3) is 5.56 Å². The van der Waals surface area contributed by atoms with E-state index in [0.29, 0.717) is 28.2 Å². The van der Waals surface area contributed by atoms with Crippen LogP contribution in [0.25, 0.3) is 10.8 Å². The lowest BCUT2D eigenvalue weighted by molar-refractivity contribution is -0.132. The molecule has 0 unspecified atom stereocenters. The molecule has 0 radical (unpaired) electrons. The lowest BCUT2D eigenvalue weighted by Gasteiger charge is -2.24. The van der Waals surface area contributed by atoms with Gasteiger partial charge in [0.2, 0.25) is 5.91 Å². The Balaban J connectivity index is 1.64. The third-order valence-corrected chi connectivity index (χ3v) is 5.57. The molecule has 1 aromatic heterocycles. The van der Waals surface area contributed by atoms with Crippen LogP contribution in [-0.4, -0.2) is 55.3 Å². The number of carbonyl (C=O) groups excluding carboxylic acids is 1. The summed E-state index contributed by atoms with van der Waals surface area (Å²) < 4.78 is 12.2. The van der Waals surface area contributed by atoms with Crippen molar-refractivity contribution in [2.24, 2.45) is 5.92 Å². The van der Waals surface area contributed by atoms with Gasteiger partial charge in [-0.2, -0.15) is 0 Å². The highest BCUT2D eigenvalue weighted by molar-refractivity contribution is 5.90. The van der Waals surface area contributed by atoms with E-state index in [0.717, 1.165) is 26.1 Å². The Morgan fingerprint density at radius 2 is 2.04 bits per heavy atom. The molecule has 3 heterocycles. The molecule has 0 aliphatic carbocycles. The van der Waals surface area contributed by atoms with E-state index < -0.39 is 0 Å². The summed E-state index contributed by atoms with van der Waals surface area (Å²) in [5.74, 6) is 1.65. The van der Waals surface area contributed by atoms with Crippen molar-refractivity contribution in [2.45, 2.75) is 19.0 Å². The van der Waals surface area contributed by atoms with Crippen molar-refractivity contribution in [3.8, 4) is 11.5 Å². The third-order valence-electron chi connectivity index (χ3n) is 5.57. The van der Waals surface area contributed by atoms with Crippen molar-refractivity contribution >= 4 is 16.7 Å². The highest BCUT2D eigenvalue weighted by atomic mass is 16.5. The van der Waals surface area contributed by atoms with Gasteiger partial charge in [0.1, 0.15) is 6.54 Å². The van der Waals surface area contributed by atoms with E-state index in [4.69, 9.17) is 9.47 Å². The van der Waals surface area contributed by atoms with E-state index in [1.54, 1.807) is 38.6 Å². The number of hydrogen-bond donors (Lipinski definition) is 1. The molecule has 2 aliphatic heterocycles. The van der Waals surface area contributed by atoms with Crippen LogP contribution in [0.2, 0.25) is 0 Å². The lowest BCUT2D eigenvalue weighted by atomic mass is 10.1. The maximum atomic E-state index is 12.9. The first-order valence-corrected chi connectivity index (χ1v) is 8.88. The zero-order chi connectivity index (χ0) is 18.3. The number of fused-ring (bicyclic) bond motifs is 2. The average Bonchev–Trinajstić information content (AvgIpc) is 3.26. The number of methoxy groups -OCH3 is 2. The molecule has 1 N–H and O–H groups in total. The Hall–Kier alpha value is -2.54. The van der Waals surface area contributed by atoms with Gasteiger partial charge in [-0.3, -0.25) is 9.59 Å². The molecule has 7 heteroatoms. The Labute approximate surface area is 151 Å². The number of nitrogens with zero attached hydrogens (tertiary/aromatic N) is 2. The second-order valence-corrected chi connectivity index (χ2v) is 6.87. The van der Waals surface area contributed by atoms with Crippen molar-refractivity contribution < 1.29 is 14.3 Å². The number of hydrogen-bond acceptors (Lipinski definition) is 5. The SMILES string of the molecule is COc1ccc2c(=O)n(CC(=O)N3CC[C@@H]4CNC[C@@H]43)ccc2c1OC. The highest BCUT2D eigenvalue weighted by Crippen LogP contribution is 2.34. The first-order chi connectivity index (χ1) is 12.6. The molecule has 26 heavy (non-hydrogen) atoms. The Morgan fingerprint density at radius 3 is 2.81 bits per heavy atom. The fourth-order valence-electron chi connectivity index (χ4n) is 4.21. The molecule has 0 saturated carbocycles. The van der Waals surface area contributed by atoms with Crippen molar-refractivity contribution in [1.82, 2.24) is 14.8 Å². The summed E-state index contributed by atoms with van der Waals surface area (Å²) in [6.45, 7) is 2.67. The van der Waals surface area contributed by atoms with Crippen LogP contribution in [0.4, 0.5) is 0 Å². The van der Waals surface area contributed by atoms with Crippen molar-refractivity contribution in [1.29, 1.82) is 0 Å². The number of carbonyl (C=O) groups is 1. The van der Waals surface area contributed by atoms with Crippen molar-refractivity contribution in [3.05, 3.63) is 34.7 Å². The molecule has 1 aromatic carbocycles. The summed E-state index contributed by atoms with van der Waals surface area (Å²) >= 11 is 0. The number of amides is 1. The van der Waals surface area contributed by atoms with Gasteiger partial charge < -0.3 is 24.3 Å². The topological polar surface area (TPSA) is 72.8 Å². The first kappa shape index (κ1) is 16.9. The fraction of sp³-hybridized carbons (Fsp3) is 0.474. The zero-order valence-electron chi connectivity index (χ0n) is 15.0. The number of benzene rings is 1. The van der Waals surface area contributed by atoms with Crippen LogP contribution in [-0.2, 0) is 11.3 Å². The van der Waals surface area contributed by atoms with Gasteiger partial charge in [0.05, 0.1) is 19.6 Å². The summed E-state index contributed by atoms with van der Waals surface area (Å²) in [4.78, 5) is 27.5. The van der Waals surface area contributed by atoms with Crippen LogP contribution < -0.4 is 20.3 Å². The van der Waals surface area contributed by atoms with Crippen LogP contribution in [0.15, 0.2) is 29.2 Å². The van der Waals surface area contributed by atoms with E-state index >= 15 is 0 Å². The minimum Gasteiger partial charge on any atom is -0.493 e. The van der Waals surface area contributed by atoms with E-state index in [-0.39, 0.29) is 24.1 Å². The smallest absolute Gasteiger partial charge is 0.259 e. The monoisotopic (exact) mass is 357 g/mol. The minimum atomic E-state index is -0.197. The summed E-state index contributed by atoms with van der Waals surface area (Å²) in [7, 11) is 3.11. The van der Waals surface area contributed by atoms with Crippen LogP contribution >= 0.6 is 0 Å². The number of ether oxygens (including phenoxy) is 2. The van der Waals surface area contributed by atoms with Gasteiger partial charge in [0.15, 0.2) is 11.5 Å². The van der Waals surface area contributed by atoms with Gasteiger partial charge in [-0.1, -0.05) is 0 Å². The second-order valence-electron chi connectivity index (χ2n) is 6.87. The van der Waals surface area contributed by atoms with E-state index in [1.165, 1.54) is 4.57 Å². The summed E-state index contributed by atoms with van der Waals surface area (Å²) in [5.41, 5.74) is -0.197. The predicted molar refractivity (Wildman–Crippen MR) is 97.8 cm³/mol. The second kappa shape index (κ2) is 6.64. The van der Waals surface area contributed by atoms with E-state index in [2.05, 4.69) is 5.32 Å². The molecule has 0 bridgehead atoms. The molecule has 1 amide bonds. The first-order valence-electron chi connectivity index (χ1n) is 8.88. The summed E-state index contributed by atoms with van der Waals surface area (Å²) in [6.07, 6.45) is 2.69. The van der Waals surface area contributed by atoms with Crippen LogP contribution in [0.1, 0.15) is 6.42 Å². The molecule has 138 valence electrons. The quantitative estimate of drug-likeness (QED) is 0.878. The summed E-state index contributed by atoms with van der Waals surface area (Å²) in [6, 6.07) is 5.49. The Bertz CT molecular complexity index is 908. The number of nitrogens with one attached hydrogen (secondary N) is 1. The largest absolute Gasteiger partial charge is 0.493 e.